The van der Waals surface area contributed by atoms with E-state index in [1.54, 1.807) is 30.0 Å². The van der Waals surface area contributed by atoms with Crippen molar-refractivity contribution in [2.75, 3.05) is 18.5 Å². The minimum absolute atomic E-state index is 0.0225. The van der Waals surface area contributed by atoms with Crippen LogP contribution in [0.5, 0.6) is 5.75 Å². The van der Waals surface area contributed by atoms with Gasteiger partial charge < -0.3 is 20.1 Å². The van der Waals surface area contributed by atoms with Crippen molar-refractivity contribution in [3.8, 4) is 5.75 Å². The molecule has 0 bridgehead atoms. The van der Waals surface area contributed by atoms with E-state index in [1.165, 1.54) is 0 Å². The third-order valence-corrected chi connectivity index (χ3v) is 4.16. The smallest absolute Gasteiger partial charge is 0.341 e. The maximum atomic E-state index is 12.6. The minimum Gasteiger partial charge on any atom is -0.482 e. The van der Waals surface area contributed by atoms with E-state index in [0.29, 0.717) is 30.8 Å². The summed E-state index contributed by atoms with van der Waals surface area (Å²) < 4.78 is 5.12. The number of carboxylic acid groups (broad SMARTS) is 1. The normalized spacial score (nSPS) is 16.6. The average molecular weight is 348 g/mol. The van der Waals surface area contributed by atoms with Crippen molar-refractivity contribution >= 4 is 23.5 Å². The molecule has 0 aliphatic carbocycles. The van der Waals surface area contributed by atoms with Crippen LogP contribution in [-0.4, -0.2) is 47.0 Å². The summed E-state index contributed by atoms with van der Waals surface area (Å²) in [6, 6.07) is 4.53. The monoisotopic (exact) mass is 348 g/mol. The largest absolute Gasteiger partial charge is 0.482 e. The van der Waals surface area contributed by atoms with E-state index in [2.05, 4.69) is 5.32 Å². The molecule has 2 amide bonds. The number of aryl methyl sites for hydroxylation is 1. The molecule has 1 aliphatic rings. The maximum absolute atomic E-state index is 12.6. The van der Waals surface area contributed by atoms with Gasteiger partial charge in [0.25, 0.3) is 0 Å². The summed E-state index contributed by atoms with van der Waals surface area (Å²) in [5.74, 6) is -0.787. The standard InChI is InChI=1S/C18H24N2O5/c1-3-5-16(21)20-9-4-6-15(20)18(24)19-14-8-7-13(10-12(14)2)25-11-17(22)23/h7-8,10,15H,3-6,9,11H2,1-2H3,(H,19,24)(H,22,23). The topological polar surface area (TPSA) is 95.9 Å². The Hall–Kier alpha value is -2.57. The van der Waals surface area contributed by atoms with Gasteiger partial charge in [0.05, 0.1) is 0 Å². The van der Waals surface area contributed by atoms with Gasteiger partial charge >= 0.3 is 5.97 Å². The number of hydrogen-bond donors (Lipinski definition) is 2. The molecule has 0 aromatic heterocycles. The lowest BCUT2D eigenvalue weighted by Crippen LogP contribution is -2.43. The number of carbonyl (C=O) groups is 3. The number of amides is 2. The predicted octanol–water partition coefficient (Wildman–Crippen LogP) is 2.19. The lowest BCUT2D eigenvalue weighted by atomic mass is 10.1. The van der Waals surface area contributed by atoms with Crippen LogP contribution in [0.1, 0.15) is 38.2 Å². The van der Waals surface area contributed by atoms with Gasteiger partial charge in [0, 0.05) is 18.7 Å². The molecule has 1 unspecified atom stereocenters. The number of carboxylic acids is 1. The fraction of sp³-hybridized carbons (Fsp3) is 0.500. The number of anilines is 1. The SMILES string of the molecule is CCCC(=O)N1CCCC1C(=O)Nc1ccc(OCC(=O)O)cc1C. The fourth-order valence-corrected chi connectivity index (χ4v) is 2.92. The molecule has 1 aromatic carbocycles. The third kappa shape index (κ3) is 4.95. The second-order valence-corrected chi connectivity index (χ2v) is 6.14. The average Bonchev–Trinajstić information content (AvgIpc) is 3.05. The van der Waals surface area contributed by atoms with E-state index >= 15 is 0 Å². The summed E-state index contributed by atoms with van der Waals surface area (Å²) in [5.41, 5.74) is 1.39. The van der Waals surface area contributed by atoms with Crippen molar-refractivity contribution in [3.05, 3.63) is 23.8 Å². The molecule has 7 nitrogen and oxygen atoms in total. The van der Waals surface area contributed by atoms with E-state index in [-0.39, 0.29) is 11.8 Å². The molecule has 136 valence electrons. The number of nitrogens with zero attached hydrogens (tertiary/aromatic N) is 1. The van der Waals surface area contributed by atoms with Gasteiger partial charge in [-0.15, -0.1) is 0 Å². The van der Waals surface area contributed by atoms with Crippen molar-refractivity contribution in [2.45, 2.75) is 45.6 Å². The van der Waals surface area contributed by atoms with Gasteiger partial charge in [-0.05, 0) is 49.9 Å². The highest BCUT2D eigenvalue weighted by atomic mass is 16.5. The zero-order valence-corrected chi connectivity index (χ0v) is 14.6. The van der Waals surface area contributed by atoms with Gasteiger partial charge in [0.15, 0.2) is 6.61 Å². The van der Waals surface area contributed by atoms with Gasteiger partial charge in [0.1, 0.15) is 11.8 Å². The van der Waals surface area contributed by atoms with E-state index < -0.39 is 18.6 Å². The van der Waals surface area contributed by atoms with Crippen LogP contribution in [0.3, 0.4) is 0 Å². The Balaban J connectivity index is 2.02. The van der Waals surface area contributed by atoms with E-state index in [9.17, 15) is 14.4 Å². The molecular weight excluding hydrogens is 324 g/mol. The first-order chi connectivity index (χ1) is 11.9. The molecule has 0 saturated carbocycles. The Morgan fingerprint density at radius 1 is 1.36 bits per heavy atom. The van der Waals surface area contributed by atoms with E-state index in [0.717, 1.165) is 18.4 Å². The van der Waals surface area contributed by atoms with Crippen LogP contribution in [0.2, 0.25) is 0 Å². The van der Waals surface area contributed by atoms with E-state index in [1.807, 2.05) is 6.92 Å². The fourth-order valence-electron chi connectivity index (χ4n) is 2.92. The molecule has 1 saturated heterocycles. The Morgan fingerprint density at radius 2 is 2.12 bits per heavy atom. The molecule has 1 fully saturated rings. The molecule has 0 radical (unpaired) electrons. The van der Waals surface area contributed by atoms with Crippen molar-refractivity contribution in [1.82, 2.24) is 4.90 Å². The quantitative estimate of drug-likeness (QED) is 0.787. The molecule has 1 heterocycles. The number of carbonyl (C=O) groups excluding carboxylic acids is 2. The van der Waals surface area contributed by atoms with Gasteiger partial charge in [-0.3, -0.25) is 9.59 Å². The zero-order chi connectivity index (χ0) is 18.4. The van der Waals surface area contributed by atoms with Crippen LogP contribution in [0.25, 0.3) is 0 Å². The number of nitrogens with one attached hydrogen (secondary N) is 1. The van der Waals surface area contributed by atoms with Crippen molar-refractivity contribution < 1.29 is 24.2 Å². The summed E-state index contributed by atoms with van der Waals surface area (Å²) in [6.07, 6.45) is 2.72. The number of hydrogen-bond acceptors (Lipinski definition) is 4. The second-order valence-electron chi connectivity index (χ2n) is 6.14. The Labute approximate surface area is 147 Å². The Kier molecular flexibility index (Phi) is 6.38. The van der Waals surface area contributed by atoms with Gasteiger partial charge in [-0.25, -0.2) is 4.79 Å². The lowest BCUT2D eigenvalue weighted by molar-refractivity contribution is -0.139. The van der Waals surface area contributed by atoms with Crippen LogP contribution in [0.15, 0.2) is 18.2 Å². The first-order valence-electron chi connectivity index (χ1n) is 8.48. The van der Waals surface area contributed by atoms with Crippen LogP contribution >= 0.6 is 0 Å². The van der Waals surface area contributed by atoms with Crippen LogP contribution in [0.4, 0.5) is 5.69 Å². The lowest BCUT2D eigenvalue weighted by Gasteiger charge is -2.24. The first kappa shape index (κ1) is 18.8. The molecule has 2 rings (SSSR count). The highest BCUT2D eigenvalue weighted by molar-refractivity contribution is 5.98. The molecule has 0 spiro atoms. The van der Waals surface area contributed by atoms with Crippen LogP contribution in [0, 0.1) is 6.92 Å². The molecule has 1 aromatic rings. The van der Waals surface area contributed by atoms with Gasteiger partial charge in [0.2, 0.25) is 11.8 Å². The molecule has 1 aliphatic heterocycles. The Morgan fingerprint density at radius 3 is 2.76 bits per heavy atom. The molecule has 2 N–H and O–H groups in total. The number of rotatable bonds is 7. The van der Waals surface area contributed by atoms with Crippen LogP contribution in [-0.2, 0) is 14.4 Å². The minimum atomic E-state index is -1.05. The molecular formula is C18H24N2O5. The zero-order valence-electron chi connectivity index (χ0n) is 14.6. The third-order valence-electron chi connectivity index (χ3n) is 4.16. The number of benzene rings is 1. The maximum Gasteiger partial charge on any atom is 0.341 e. The van der Waals surface area contributed by atoms with Crippen molar-refractivity contribution in [1.29, 1.82) is 0 Å². The van der Waals surface area contributed by atoms with Crippen molar-refractivity contribution in [2.24, 2.45) is 0 Å². The van der Waals surface area contributed by atoms with Crippen molar-refractivity contribution in [3.63, 3.8) is 0 Å². The van der Waals surface area contributed by atoms with Gasteiger partial charge in [-0.2, -0.15) is 0 Å². The molecule has 7 heteroatoms. The predicted molar refractivity (Wildman–Crippen MR) is 92.6 cm³/mol. The highest BCUT2D eigenvalue weighted by Crippen LogP contribution is 2.24. The summed E-state index contributed by atoms with van der Waals surface area (Å²) in [7, 11) is 0. The summed E-state index contributed by atoms with van der Waals surface area (Å²) >= 11 is 0. The number of likely N-dealkylation sites (tertiary alicyclic amines) is 1. The molecule has 1 atom stereocenters. The van der Waals surface area contributed by atoms with E-state index in [4.69, 9.17) is 9.84 Å². The number of ether oxygens (including phenoxy) is 1. The highest BCUT2D eigenvalue weighted by Gasteiger charge is 2.33. The summed E-state index contributed by atoms with van der Waals surface area (Å²) in [4.78, 5) is 36.9. The second kappa shape index (κ2) is 8.50. The Bertz CT molecular complexity index is 659. The first-order valence-corrected chi connectivity index (χ1v) is 8.48. The molecule has 25 heavy (non-hydrogen) atoms. The number of aliphatic carboxylic acids is 1. The van der Waals surface area contributed by atoms with Gasteiger partial charge in [-0.1, -0.05) is 6.92 Å². The van der Waals surface area contributed by atoms with Crippen LogP contribution < -0.4 is 10.1 Å². The summed E-state index contributed by atoms with van der Waals surface area (Å²) in [6.45, 7) is 3.96. The summed E-state index contributed by atoms with van der Waals surface area (Å²) in [5, 5.41) is 11.5.